The van der Waals surface area contributed by atoms with Crippen LogP contribution in [0.5, 0.6) is 0 Å². The van der Waals surface area contributed by atoms with E-state index in [4.69, 9.17) is 0 Å². The molecule has 0 heterocycles. The first-order chi connectivity index (χ1) is 5.79. The molecular formula is C12H20. The molecule has 0 unspecified atom stereocenters. The number of allylic oxidation sites excluding steroid dienone is 4. The summed E-state index contributed by atoms with van der Waals surface area (Å²) in [6, 6.07) is 0. The Morgan fingerprint density at radius 1 is 1.17 bits per heavy atom. The summed E-state index contributed by atoms with van der Waals surface area (Å²) in [4.78, 5) is 0. The standard InChI is InChI=1S/C12H20/c1-4-12(5-2,6-3)11-9-7-8-10-11/h7-9H,4-6,10H2,1-3H3. The molecule has 1 aliphatic rings. The quantitative estimate of drug-likeness (QED) is 0.587. The highest BCUT2D eigenvalue weighted by Crippen LogP contribution is 2.41. The second-order valence-corrected chi connectivity index (χ2v) is 3.67. The zero-order valence-corrected chi connectivity index (χ0v) is 8.56. The van der Waals surface area contributed by atoms with Crippen LogP contribution in [-0.4, -0.2) is 0 Å². The predicted octanol–water partition coefficient (Wildman–Crippen LogP) is 4.09. The zero-order valence-electron chi connectivity index (χ0n) is 8.56. The lowest BCUT2D eigenvalue weighted by Gasteiger charge is -2.32. The van der Waals surface area contributed by atoms with E-state index >= 15 is 0 Å². The van der Waals surface area contributed by atoms with Crippen LogP contribution in [0, 0.1) is 5.41 Å². The Kier molecular flexibility index (Phi) is 3.13. The minimum atomic E-state index is 0.503. The van der Waals surface area contributed by atoms with Gasteiger partial charge in [0.05, 0.1) is 0 Å². The predicted molar refractivity (Wildman–Crippen MR) is 55.1 cm³/mol. The van der Waals surface area contributed by atoms with Crippen molar-refractivity contribution in [2.75, 3.05) is 0 Å². The van der Waals surface area contributed by atoms with Crippen molar-refractivity contribution in [2.24, 2.45) is 5.41 Å². The van der Waals surface area contributed by atoms with E-state index in [0.717, 1.165) is 0 Å². The van der Waals surface area contributed by atoms with E-state index in [0.29, 0.717) is 5.41 Å². The van der Waals surface area contributed by atoms with Gasteiger partial charge in [-0.2, -0.15) is 0 Å². The largest absolute Gasteiger partial charge is 0.0804 e. The summed E-state index contributed by atoms with van der Waals surface area (Å²) in [7, 11) is 0. The molecule has 0 fully saturated rings. The van der Waals surface area contributed by atoms with E-state index in [9.17, 15) is 0 Å². The molecule has 0 aliphatic heterocycles. The Hall–Kier alpha value is -0.520. The van der Waals surface area contributed by atoms with Crippen molar-refractivity contribution in [3.05, 3.63) is 23.8 Å². The molecule has 0 bridgehead atoms. The van der Waals surface area contributed by atoms with Crippen LogP contribution in [0.4, 0.5) is 0 Å². The summed E-state index contributed by atoms with van der Waals surface area (Å²) >= 11 is 0. The Morgan fingerprint density at radius 3 is 2.08 bits per heavy atom. The van der Waals surface area contributed by atoms with Gasteiger partial charge in [-0.05, 0) is 31.1 Å². The lowest BCUT2D eigenvalue weighted by molar-refractivity contribution is 0.310. The van der Waals surface area contributed by atoms with Crippen molar-refractivity contribution in [3.63, 3.8) is 0 Å². The number of rotatable bonds is 4. The Balaban J connectivity index is 2.77. The molecule has 0 aromatic carbocycles. The molecule has 0 saturated heterocycles. The van der Waals surface area contributed by atoms with Crippen molar-refractivity contribution in [1.29, 1.82) is 0 Å². The highest BCUT2D eigenvalue weighted by atomic mass is 14.3. The summed E-state index contributed by atoms with van der Waals surface area (Å²) in [6.45, 7) is 6.94. The van der Waals surface area contributed by atoms with Crippen LogP contribution in [-0.2, 0) is 0 Å². The van der Waals surface area contributed by atoms with Crippen LogP contribution < -0.4 is 0 Å². The third kappa shape index (κ3) is 1.48. The maximum Gasteiger partial charge on any atom is -0.00897 e. The van der Waals surface area contributed by atoms with Crippen LogP contribution in [0.2, 0.25) is 0 Å². The van der Waals surface area contributed by atoms with Gasteiger partial charge >= 0.3 is 0 Å². The fourth-order valence-corrected chi connectivity index (χ4v) is 2.27. The molecule has 0 spiro atoms. The first-order valence-electron chi connectivity index (χ1n) is 5.15. The smallest absolute Gasteiger partial charge is 0.00897 e. The third-order valence-corrected chi connectivity index (χ3v) is 3.48. The summed E-state index contributed by atoms with van der Waals surface area (Å²) in [6.07, 6.45) is 11.8. The summed E-state index contributed by atoms with van der Waals surface area (Å²) in [5.74, 6) is 0. The van der Waals surface area contributed by atoms with Gasteiger partial charge in [0, 0.05) is 0 Å². The average Bonchev–Trinajstić information content (AvgIpc) is 2.62. The summed E-state index contributed by atoms with van der Waals surface area (Å²) < 4.78 is 0. The van der Waals surface area contributed by atoms with Gasteiger partial charge in [-0.3, -0.25) is 0 Å². The monoisotopic (exact) mass is 164 g/mol. The van der Waals surface area contributed by atoms with Crippen LogP contribution in [0.25, 0.3) is 0 Å². The first-order valence-corrected chi connectivity index (χ1v) is 5.15. The third-order valence-electron chi connectivity index (χ3n) is 3.48. The molecular weight excluding hydrogens is 144 g/mol. The van der Waals surface area contributed by atoms with E-state index in [1.807, 2.05) is 0 Å². The maximum absolute atomic E-state index is 2.32. The number of hydrogen-bond acceptors (Lipinski definition) is 0. The molecule has 0 aromatic heterocycles. The molecule has 1 aliphatic carbocycles. The molecule has 0 N–H and O–H groups in total. The first kappa shape index (κ1) is 9.57. The van der Waals surface area contributed by atoms with Gasteiger partial charge in [-0.25, -0.2) is 0 Å². The maximum atomic E-state index is 2.32. The van der Waals surface area contributed by atoms with E-state index in [1.54, 1.807) is 5.57 Å². The molecule has 0 radical (unpaired) electrons. The van der Waals surface area contributed by atoms with Crippen molar-refractivity contribution in [3.8, 4) is 0 Å². The topological polar surface area (TPSA) is 0 Å². The van der Waals surface area contributed by atoms with Crippen molar-refractivity contribution < 1.29 is 0 Å². The average molecular weight is 164 g/mol. The van der Waals surface area contributed by atoms with E-state index in [2.05, 4.69) is 39.0 Å². The highest BCUT2D eigenvalue weighted by molar-refractivity contribution is 5.28. The molecule has 0 nitrogen and oxygen atoms in total. The van der Waals surface area contributed by atoms with E-state index < -0.39 is 0 Å². The molecule has 0 aromatic rings. The van der Waals surface area contributed by atoms with Crippen molar-refractivity contribution in [1.82, 2.24) is 0 Å². The molecule has 0 saturated carbocycles. The van der Waals surface area contributed by atoms with Gasteiger partial charge in [0.1, 0.15) is 0 Å². The van der Waals surface area contributed by atoms with Crippen LogP contribution in [0.15, 0.2) is 23.8 Å². The minimum absolute atomic E-state index is 0.503. The SMILES string of the molecule is CCC(CC)(CC)C1=CC=CC1. The number of hydrogen-bond donors (Lipinski definition) is 0. The molecule has 0 atom stereocenters. The Morgan fingerprint density at radius 2 is 1.75 bits per heavy atom. The minimum Gasteiger partial charge on any atom is -0.0804 e. The molecule has 0 amide bonds. The highest BCUT2D eigenvalue weighted by Gasteiger charge is 2.28. The molecule has 68 valence electrons. The van der Waals surface area contributed by atoms with Crippen LogP contribution in [0.1, 0.15) is 46.5 Å². The molecule has 0 heteroatoms. The fourth-order valence-electron chi connectivity index (χ4n) is 2.27. The van der Waals surface area contributed by atoms with Crippen molar-refractivity contribution >= 4 is 0 Å². The van der Waals surface area contributed by atoms with E-state index in [1.165, 1.54) is 25.7 Å². The lowest BCUT2D eigenvalue weighted by Crippen LogP contribution is -2.19. The van der Waals surface area contributed by atoms with E-state index in [-0.39, 0.29) is 0 Å². The van der Waals surface area contributed by atoms with Gasteiger partial charge in [0.2, 0.25) is 0 Å². The Labute approximate surface area is 76.4 Å². The second kappa shape index (κ2) is 3.93. The van der Waals surface area contributed by atoms with Gasteiger partial charge in [-0.1, -0.05) is 44.6 Å². The van der Waals surface area contributed by atoms with Gasteiger partial charge in [0.15, 0.2) is 0 Å². The molecule has 1 rings (SSSR count). The Bertz CT molecular complexity index is 184. The molecule has 12 heavy (non-hydrogen) atoms. The summed E-state index contributed by atoms with van der Waals surface area (Å²) in [5, 5.41) is 0. The normalized spacial score (nSPS) is 16.8. The van der Waals surface area contributed by atoms with Crippen molar-refractivity contribution in [2.45, 2.75) is 46.5 Å². The second-order valence-electron chi connectivity index (χ2n) is 3.67. The zero-order chi connectivity index (χ0) is 9.03. The van der Waals surface area contributed by atoms with Gasteiger partial charge in [-0.15, -0.1) is 0 Å². The van der Waals surface area contributed by atoms with Gasteiger partial charge < -0.3 is 0 Å². The lowest BCUT2D eigenvalue weighted by atomic mass is 9.73. The van der Waals surface area contributed by atoms with Crippen LogP contribution >= 0.6 is 0 Å². The van der Waals surface area contributed by atoms with Crippen LogP contribution in [0.3, 0.4) is 0 Å². The van der Waals surface area contributed by atoms with Gasteiger partial charge in [0.25, 0.3) is 0 Å². The fraction of sp³-hybridized carbons (Fsp3) is 0.667. The summed E-state index contributed by atoms with van der Waals surface area (Å²) in [5.41, 5.74) is 2.15.